The standard InChI is InChI=1S/C11H15N5OS/c1-2-16-7-14-15-10(16)5-13-4-9-3-8(6-18-9)11(12)17/h3,6-7,13H,2,4-5H2,1H3,(H2,12,17). The molecule has 0 spiro atoms. The average Bonchev–Trinajstić information content (AvgIpc) is 2.97. The number of rotatable bonds is 6. The van der Waals surface area contributed by atoms with E-state index in [4.69, 9.17) is 5.73 Å². The normalized spacial score (nSPS) is 10.7. The van der Waals surface area contributed by atoms with Crippen LogP contribution in [0, 0.1) is 0 Å². The van der Waals surface area contributed by atoms with Crippen LogP contribution >= 0.6 is 11.3 Å². The van der Waals surface area contributed by atoms with Crippen LogP contribution in [0.25, 0.3) is 0 Å². The number of nitrogens with two attached hydrogens (primary N) is 1. The number of hydrogen-bond donors (Lipinski definition) is 2. The van der Waals surface area contributed by atoms with E-state index in [1.54, 1.807) is 11.7 Å². The number of carbonyl (C=O) groups is 1. The molecule has 18 heavy (non-hydrogen) atoms. The number of hydrogen-bond acceptors (Lipinski definition) is 5. The first kappa shape index (κ1) is 12.7. The summed E-state index contributed by atoms with van der Waals surface area (Å²) in [5, 5.41) is 12.9. The second-order valence-electron chi connectivity index (χ2n) is 3.80. The lowest BCUT2D eigenvalue weighted by molar-refractivity contribution is 0.100. The topological polar surface area (TPSA) is 85.8 Å². The Labute approximate surface area is 109 Å². The van der Waals surface area contributed by atoms with Crippen molar-refractivity contribution < 1.29 is 4.79 Å². The largest absolute Gasteiger partial charge is 0.366 e. The summed E-state index contributed by atoms with van der Waals surface area (Å²) in [5.41, 5.74) is 5.76. The molecular weight excluding hydrogens is 250 g/mol. The van der Waals surface area contributed by atoms with Crippen molar-refractivity contribution in [3.63, 3.8) is 0 Å². The molecule has 3 N–H and O–H groups in total. The van der Waals surface area contributed by atoms with Gasteiger partial charge in [-0.25, -0.2) is 0 Å². The molecule has 0 saturated carbocycles. The zero-order chi connectivity index (χ0) is 13.0. The Kier molecular flexibility index (Phi) is 4.06. The molecule has 96 valence electrons. The van der Waals surface area contributed by atoms with E-state index in [1.807, 2.05) is 17.6 Å². The number of aromatic nitrogens is 3. The molecule has 0 atom stereocenters. The zero-order valence-corrected chi connectivity index (χ0v) is 10.9. The van der Waals surface area contributed by atoms with Gasteiger partial charge in [0, 0.05) is 23.3 Å². The van der Waals surface area contributed by atoms with Crippen molar-refractivity contribution in [3.05, 3.63) is 34.0 Å². The minimum atomic E-state index is -0.386. The number of nitrogens with zero attached hydrogens (tertiary/aromatic N) is 3. The molecule has 0 bridgehead atoms. The second kappa shape index (κ2) is 5.74. The van der Waals surface area contributed by atoms with E-state index in [0.717, 1.165) is 17.2 Å². The summed E-state index contributed by atoms with van der Waals surface area (Å²) in [6.07, 6.45) is 1.72. The van der Waals surface area contributed by atoms with Crippen LogP contribution in [0.5, 0.6) is 0 Å². The van der Waals surface area contributed by atoms with Crippen LogP contribution in [0.1, 0.15) is 28.0 Å². The molecule has 6 nitrogen and oxygen atoms in total. The monoisotopic (exact) mass is 265 g/mol. The fourth-order valence-electron chi connectivity index (χ4n) is 1.58. The third-order valence-electron chi connectivity index (χ3n) is 2.56. The Balaban J connectivity index is 1.86. The summed E-state index contributed by atoms with van der Waals surface area (Å²) >= 11 is 1.52. The van der Waals surface area contributed by atoms with Gasteiger partial charge in [0.15, 0.2) is 0 Å². The minimum absolute atomic E-state index is 0.386. The number of nitrogens with one attached hydrogen (secondary N) is 1. The van der Waals surface area contributed by atoms with E-state index in [1.165, 1.54) is 11.3 Å². The van der Waals surface area contributed by atoms with Crippen LogP contribution in [0.4, 0.5) is 0 Å². The SMILES string of the molecule is CCn1cnnc1CNCc1cc(C(N)=O)cs1. The first-order chi connectivity index (χ1) is 8.70. The smallest absolute Gasteiger partial charge is 0.249 e. The maximum Gasteiger partial charge on any atom is 0.249 e. The van der Waals surface area contributed by atoms with Crippen molar-refractivity contribution >= 4 is 17.2 Å². The van der Waals surface area contributed by atoms with Crippen molar-refractivity contribution in [2.24, 2.45) is 5.73 Å². The number of aryl methyl sites for hydroxylation is 1. The van der Waals surface area contributed by atoms with Crippen molar-refractivity contribution in [3.8, 4) is 0 Å². The van der Waals surface area contributed by atoms with Crippen molar-refractivity contribution in [1.29, 1.82) is 0 Å². The summed E-state index contributed by atoms with van der Waals surface area (Å²) in [6, 6.07) is 1.81. The molecule has 2 rings (SSSR count). The molecule has 7 heteroatoms. The predicted molar refractivity (Wildman–Crippen MR) is 69.1 cm³/mol. The van der Waals surface area contributed by atoms with Crippen LogP contribution in [0.2, 0.25) is 0 Å². The number of carbonyl (C=O) groups excluding carboxylic acids is 1. The lowest BCUT2D eigenvalue weighted by Crippen LogP contribution is -2.16. The van der Waals surface area contributed by atoms with Gasteiger partial charge in [0.25, 0.3) is 0 Å². The van der Waals surface area contributed by atoms with Crippen LogP contribution in [0.3, 0.4) is 0 Å². The van der Waals surface area contributed by atoms with Crippen LogP contribution in [0.15, 0.2) is 17.8 Å². The van der Waals surface area contributed by atoms with Gasteiger partial charge in [-0.1, -0.05) is 0 Å². The van der Waals surface area contributed by atoms with Gasteiger partial charge in [0.05, 0.1) is 12.1 Å². The summed E-state index contributed by atoms with van der Waals surface area (Å²) in [4.78, 5) is 12.0. The molecule has 1 amide bonds. The highest BCUT2D eigenvalue weighted by Crippen LogP contribution is 2.13. The van der Waals surface area contributed by atoms with E-state index in [9.17, 15) is 4.79 Å². The van der Waals surface area contributed by atoms with Crippen molar-refractivity contribution in [2.45, 2.75) is 26.6 Å². The van der Waals surface area contributed by atoms with E-state index < -0.39 is 0 Å². The molecule has 0 radical (unpaired) electrons. The lowest BCUT2D eigenvalue weighted by atomic mass is 10.3. The molecule has 2 aromatic heterocycles. The minimum Gasteiger partial charge on any atom is -0.366 e. The summed E-state index contributed by atoms with van der Waals surface area (Å²) in [5.74, 6) is 0.521. The molecule has 0 aliphatic carbocycles. The molecule has 0 aromatic carbocycles. The van der Waals surface area contributed by atoms with Gasteiger partial charge in [-0.2, -0.15) is 0 Å². The third kappa shape index (κ3) is 2.93. The van der Waals surface area contributed by atoms with E-state index in [0.29, 0.717) is 18.7 Å². The van der Waals surface area contributed by atoms with E-state index in [-0.39, 0.29) is 5.91 Å². The molecule has 0 unspecified atom stereocenters. The Morgan fingerprint density at radius 1 is 1.56 bits per heavy atom. The zero-order valence-electron chi connectivity index (χ0n) is 10.1. The summed E-state index contributed by atoms with van der Waals surface area (Å²) < 4.78 is 1.98. The first-order valence-corrected chi connectivity index (χ1v) is 6.53. The Morgan fingerprint density at radius 3 is 3.06 bits per heavy atom. The van der Waals surface area contributed by atoms with Crippen LogP contribution in [-0.2, 0) is 19.6 Å². The van der Waals surface area contributed by atoms with E-state index >= 15 is 0 Å². The summed E-state index contributed by atoms with van der Waals surface area (Å²) in [6.45, 7) is 4.24. The Morgan fingerprint density at radius 2 is 2.39 bits per heavy atom. The second-order valence-corrected chi connectivity index (χ2v) is 4.80. The Hall–Kier alpha value is -1.73. The summed E-state index contributed by atoms with van der Waals surface area (Å²) in [7, 11) is 0. The van der Waals surface area contributed by atoms with Crippen LogP contribution in [-0.4, -0.2) is 20.7 Å². The lowest BCUT2D eigenvalue weighted by Gasteiger charge is -2.04. The molecule has 0 aliphatic rings. The van der Waals surface area contributed by atoms with Gasteiger partial charge < -0.3 is 15.6 Å². The molecule has 2 heterocycles. The highest BCUT2D eigenvalue weighted by Gasteiger charge is 2.05. The maximum atomic E-state index is 10.9. The maximum absolute atomic E-state index is 10.9. The Bertz CT molecular complexity index is 533. The molecule has 2 aromatic rings. The van der Waals surface area contributed by atoms with Crippen molar-refractivity contribution in [1.82, 2.24) is 20.1 Å². The number of thiophene rings is 1. The predicted octanol–water partition coefficient (Wildman–Crippen LogP) is 0.748. The fourth-order valence-corrected chi connectivity index (χ4v) is 2.42. The van der Waals surface area contributed by atoms with Crippen molar-refractivity contribution in [2.75, 3.05) is 0 Å². The molecular formula is C11H15N5OS. The van der Waals surface area contributed by atoms with E-state index in [2.05, 4.69) is 15.5 Å². The number of amides is 1. The van der Waals surface area contributed by atoms with Gasteiger partial charge in [0.2, 0.25) is 5.91 Å². The van der Waals surface area contributed by atoms with Gasteiger partial charge in [-0.05, 0) is 13.0 Å². The van der Waals surface area contributed by atoms with Gasteiger partial charge >= 0.3 is 0 Å². The fraction of sp³-hybridized carbons (Fsp3) is 0.364. The molecule has 0 aliphatic heterocycles. The molecule has 0 fully saturated rings. The van der Waals surface area contributed by atoms with Crippen LogP contribution < -0.4 is 11.1 Å². The van der Waals surface area contributed by atoms with Gasteiger partial charge in [-0.15, -0.1) is 21.5 Å². The highest BCUT2D eigenvalue weighted by atomic mass is 32.1. The van der Waals surface area contributed by atoms with Gasteiger partial charge in [0.1, 0.15) is 12.2 Å². The average molecular weight is 265 g/mol. The first-order valence-electron chi connectivity index (χ1n) is 5.65. The number of primary amides is 1. The third-order valence-corrected chi connectivity index (χ3v) is 3.49. The highest BCUT2D eigenvalue weighted by molar-refractivity contribution is 7.10. The quantitative estimate of drug-likeness (QED) is 0.807. The molecule has 0 saturated heterocycles. The van der Waals surface area contributed by atoms with Gasteiger partial charge in [-0.3, -0.25) is 4.79 Å².